The first-order chi connectivity index (χ1) is 10.2. The smallest absolute Gasteiger partial charge is 0.130 e. The van der Waals surface area contributed by atoms with Gasteiger partial charge in [-0.1, -0.05) is 36.4 Å². The van der Waals surface area contributed by atoms with Crippen LogP contribution in [0.4, 0.5) is 8.78 Å². The summed E-state index contributed by atoms with van der Waals surface area (Å²) in [6.45, 7) is 2.66. The summed E-state index contributed by atoms with van der Waals surface area (Å²) in [5.74, 6) is -0.936. The van der Waals surface area contributed by atoms with Gasteiger partial charge in [-0.25, -0.2) is 8.78 Å². The van der Waals surface area contributed by atoms with Crippen LogP contribution in [0.15, 0.2) is 48.5 Å². The SMILES string of the molecule is Fc1cccc(F)c1CN1CCNC(c2ccccc2)C1. The van der Waals surface area contributed by atoms with Crippen LogP contribution in [0.2, 0.25) is 0 Å². The quantitative estimate of drug-likeness (QED) is 0.933. The van der Waals surface area contributed by atoms with E-state index in [1.54, 1.807) is 0 Å². The third-order valence-corrected chi connectivity index (χ3v) is 3.90. The van der Waals surface area contributed by atoms with E-state index in [0.29, 0.717) is 6.54 Å². The lowest BCUT2D eigenvalue weighted by Crippen LogP contribution is -2.45. The van der Waals surface area contributed by atoms with Gasteiger partial charge in [0.15, 0.2) is 0 Å². The van der Waals surface area contributed by atoms with E-state index in [4.69, 9.17) is 0 Å². The Morgan fingerprint density at radius 1 is 1.00 bits per heavy atom. The molecule has 1 fully saturated rings. The van der Waals surface area contributed by atoms with Gasteiger partial charge in [0, 0.05) is 37.8 Å². The maximum atomic E-state index is 13.7. The van der Waals surface area contributed by atoms with E-state index in [9.17, 15) is 8.78 Å². The fourth-order valence-corrected chi connectivity index (χ4v) is 2.77. The zero-order valence-electron chi connectivity index (χ0n) is 11.7. The molecular formula is C17H18F2N2. The Bertz CT molecular complexity index is 581. The Kier molecular flexibility index (Phi) is 4.27. The topological polar surface area (TPSA) is 15.3 Å². The molecule has 2 aromatic rings. The van der Waals surface area contributed by atoms with Crippen molar-refractivity contribution in [3.8, 4) is 0 Å². The second-order valence-corrected chi connectivity index (χ2v) is 5.35. The summed E-state index contributed by atoms with van der Waals surface area (Å²) in [6, 6.07) is 14.4. The molecule has 1 atom stereocenters. The summed E-state index contributed by atoms with van der Waals surface area (Å²) in [5.41, 5.74) is 1.36. The Balaban J connectivity index is 1.72. The highest BCUT2D eigenvalue weighted by Crippen LogP contribution is 2.20. The van der Waals surface area contributed by atoms with E-state index in [2.05, 4.69) is 22.3 Å². The standard InChI is InChI=1S/C17H18F2N2/c18-15-7-4-8-16(19)14(15)11-21-10-9-20-17(12-21)13-5-2-1-3-6-13/h1-8,17,20H,9-12H2. The Labute approximate surface area is 123 Å². The summed E-state index contributed by atoms with van der Waals surface area (Å²) in [5, 5.41) is 3.45. The zero-order chi connectivity index (χ0) is 14.7. The highest BCUT2D eigenvalue weighted by atomic mass is 19.1. The summed E-state index contributed by atoms with van der Waals surface area (Å²) >= 11 is 0. The number of halogens is 2. The molecule has 110 valence electrons. The summed E-state index contributed by atoms with van der Waals surface area (Å²) in [4.78, 5) is 2.09. The van der Waals surface area contributed by atoms with Crippen molar-refractivity contribution < 1.29 is 8.78 Å². The first-order valence-corrected chi connectivity index (χ1v) is 7.17. The van der Waals surface area contributed by atoms with Crippen LogP contribution in [0.1, 0.15) is 17.2 Å². The number of rotatable bonds is 3. The lowest BCUT2D eigenvalue weighted by molar-refractivity contribution is 0.189. The minimum Gasteiger partial charge on any atom is -0.308 e. The molecule has 1 aliphatic rings. The molecule has 0 amide bonds. The fraction of sp³-hybridized carbons (Fsp3) is 0.294. The Morgan fingerprint density at radius 3 is 2.43 bits per heavy atom. The van der Waals surface area contributed by atoms with Gasteiger partial charge in [-0.15, -0.1) is 0 Å². The largest absolute Gasteiger partial charge is 0.308 e. The van der Waals surface area contributed by atoms with E-state index in [1.165, 1.54) is 23.8 Å². The molecule has 3 rings (SSSR count). The lowest BCUT2D eigenvalue weighted by atomic mass is 10.0. The summed E-state index contributed by atoms with van der Waals surface area (Å²) < 4.78 is 27.5. The van der Waals surface area contributed by atoms with Crippen LogP contribution in [0.25, 0.3) is 0 Å². The molecule has 4 heteroatoms. The number of nitrogens with zero attached hydrogens (tertiary/aromatic N) is 1. The van der Waals surface area contributed by atoms with Crippen LogP contribution >= 0.6 is 0 Å². The molecule has 1 aliphatic heterocycles. The number of benzene rings is 2. The number of hydrogen-bond donors (Lipinski definition) is 1. The molecule has 0 saturated carbocycles. The number of nitrogens with one attached hydrogen (secondary N) is 1. The predicted molar refractivity (Wildman–Crippen MR) is 78.8 cm³/mol. The first-order valence-electron chi connectivity index (χ1n) is 7.17. The minimum absolute atomic E-state index is 0.159. The number of hydrogen-bond acceptors (Lipinski definition) is 2. The molecule has 0 bridgehead atoms. The van der Waals surface area contributed by atoms with Gasteiger partial charge in [0.05, 0.1) is 0 Å². The van der Waals surface area contributed by atoms with Crippen molar-refractivity contribution in [3.05, 3.63) is 71.3 Å². The van der Waals surface area contributed by atoms with Crippen molar-refractivity contribution >= 4 is 0 Å². The molecule has 0 radical (unpaired) electrons. The normalized spacial score (nSPS) is 19.6. The van der Waals surface area contributed by atoms with Gasteiger partial charge in [0.25, 0.3) is 0 Å². The highest BCUT2D eigenvalue weighted by molar-refractivity contribution is 5.22. The molecule has 0 aromatic heterocycles. The van der Waals surface area contributed by atoms with E-state index >= 15 is 0 Å². The molecule has 2 nitrogen and oxygen atoms in total. The van der Waals surface area contributed by atoms with Gasteiger partial charge < -0.3 is 5.32 Å². The monoisotopic (exact) mass is 288 g/mol. The minimum atomic E-state index is -0.468. The molecule has 1 unspecified atom stereocenters. The van der Waals surface area contributed by atoms with Gasteiger partial charge in [0.1, 0.15) is 11.6 Å². The lowest BCUT2D eigenvalue weighted by Gasteiger charge is -2.34. The average Bonchev–Trinajstić information content (AvgIpc) is 2.52. The molecule has 1 N–H and O–H groups in total. The van der Waals surface area contributed by atoms with Crippen molar-refractivity contribution in [1.82, 2.24) is 10.2 Å². The van der Waals surface area contributed by atoms with E-state index < -0.39 is 11.6 Å². The molecule has 1 saturated heterocycles. The molecule has 0 spiro atoms. The zero-order valence-corrected chi connectivity index (χ0v) is 11.7. The van der Waals surface area contributed by atoms with Crippen molar-refractivity contribution in [2.24, 2.45) is 0 Å². The van der Waals surface area contributed by atoms with Gasteiger partial charge in [-0.3, -0.25) is 4.90 Å². The molecule has 2 aromatic carbocycles. The van der Waals surface area contributed by atoms with Crippen LogP contribution in [0.3, 0.4) is 0 Å². The molecule has 0 aliphatic carbocycles. The first kappa shape index (κ1) is 14.2. The maximum Gasteiger partial charge on any atom is 0.130 e. The summed E-state index contributed by atoms with van der Waals surface area (Å²) in [7, 11) is 0. The van der Waals surface area contributed by atoms with Gasteiger partial charge >= 0.3 is 0 Å². The summed E-state index contributed by atoms with van der Waals surface area (Å²) in [6.07, 6.45) is 0. The van der Waals surface area contributed by atoms with Crippen molar-refractivity contribution in [2.75, 3.05) is 19.6 Å². The van der Waals surface area contributed by atoms with Crippen molar-refractivity contribution in [2.45, 2.75) is 12.6 Å². The number of piperazine rings is 1. The molecule has 21 heavy (non-hydrogen) atoms. The van der Waals surface area contributed by atoms with Gasteiger partial charge in [0.2, 0.25) is 0 Å². The second-order valence-electron chi connectivity index (χ2n) is 5.35. The van der Waals surface area contributed by atoms with Crippen molar-refractivity contribution in [1.29, 1.82) is 0 Å². The maximum absolute atomic E-state index is 13.7. The third-order valence-electron chi connectivity index (χ3n) is 3.90. The van der Waals surface area contributed by atoms with E-state index in [1.807, 2.05) is 18.2 Å². The third kappa shape index (κ3) is 3.28. The molecular weight excluding hydrogens is 270 g/mol. The van der Waals surface area contributed by atoms with E-state index in [-0.39, 0.29) is 11.6 Å². The van der Waals surface area contributed by atoms with Gasteiger partial charge in [-0.05, 0) is 17.7 Å². The highest BCUT2D eigenvalue weighted by Gasteiger charge is 2.22. The predicted octanol–water partition coefficient (Wildman–Crippen LogP) is 3.11. The Hall–Kier alpha value is -1.78. The van der Waals surface area contributed by atoms with Crippen LogP contribution in [0, 0.1) is 11.6 Å². The van der Waals surface area contributed by atoms with Crippen LogP contribution in [0.5, 0.6) is 0 Å². The van der Waals surface area contributed by atoms with Crippen LogP contribution < -0.4 is 5.32 Å². The van der Waals surface area contributed by atoms with Gasteiger partial charge in [-0.2, -0.15) is 0 Å². The van der Waals surface area contributed by atoms with Crippen LogP contribution in [-0.2, 0) is 6.54 Å². The average molecular weight is 288 g/mol. The molecule has 1 heterocycles. The van der Waals surface area contributed by atoms with Crippen molar-refractivity contribution in [3.63, 3.8) is 0 Å². The van der Waals surface area contributed by atoms with Crippen LogP contribution in [-0.4, -0.2) is 24.5 Å². The fourth-order valence-electron chi connectivity index (χ4n) is 2.77. The Morgan fingerprint density at radius 2 is 1.71 bits per heavy atom. The second kappa shape index (κ2) is 6.33. The van der Waals surface area contributed by atoms with E-state index in [0.717, 1.165) is 19.6 Å².